The van der Waals surface area contributed by atoms with Gasteiger partial charge in [0.15, 0.2) is 6.61 Å². The van der Waals surface area contributed by atoms with Crippen molar-refractivity contribution in [2.75, 3.05) is 26.8 Å². The van der Waals surface area contributed by atoms with Crippen LogP contribution >= 0.6 is 0 Å². The van der Waals surface area contributed by atoms with Gasteiger partial charge < -0.3 is 20.1 Å². The first-order valence-corrected chi connectivity index (χ1v) is 6.35. The Morgan fingerprint density at radius 1 is 1.18 bits per heavy atom. The lowest BCUT2D eigenvalue weighted by atomic mass is 10.2. The Balaban J connectivity index is 2.32. The first kappa shape index (κ1) is 17.0. The molecule has 0 radical (unpaired) electrons. The third-order valence-corrected chi connectivity index (χ3v) is 2.50. The second-order valence-electron chi connectivity index (χ2n) is 4.05. The van der Waals surface area contributed by atoms with Crippen LogP contribution in [0.15, 0.2) is 24.3 Å². The van der Waals surface area contributed by atoms with E-state index in [1.807, 2.05) is 0 Å². The predicted molar refractivity (Wildman–Crippen MR) is 78.1 cm³/mol. The Morgan fingerprint density at radius 3 is 2.45 bits per heavy atom. The third-order valence-electron chi connectivity index (χ3n) is 2.50. The van der Waals surface area contributed by atoms with E-state index in [2.05, 4.69) is 21.3 Å². The Bertz CT molecular complexity index is 575. The number of esters is 1. The zero-order valence-electron chi connectivity index (χ0n) is 12.0. The lowest BCUT2D eigenvalue weighted by molar-refractivity contribution is -0.147. The smallest absolute Gasteiger partial charge is 0.325 e. The average Bonchev–Trinajstić information content (AvgIpc) is 2.55. The Kier molecular flexibility index (Phi) is 6.99. The minimum atomic E-state index is -0.724. The standard InChI is InChI=1S/C15H16N2O5/c1-3-8-16-13(18)10-22-14(19)9-17-15(20)11-4-6-12(21-2)7-5-11/h1,4-7H,8-10H2,2H3,(H,16,18)(H,17,20). The van der Waals surface area contributed by atoms with E-state index in [1.165, 1.54) is 7.11 Å². The van der Waals surface area contributed by atoms with E-state index in [-0.39, 0.29) is 13.1 Å². The van der Waals surface area contributed by atoms with Crippen molar-refractivity contribution in [3.63, 3.8) is 0 Å². The Labute approximate surface area is 128 Å². The monoisotopic (exact) mass is 304 g/mol. The fourth-order valence-corrected chi connectivity index (χ4v) is 1.39. The zero-order chi connectivity index (χ0) is 16.4. The molecule has 2 N–H and O–H groups in total. The summed E-state index contributed by atoms with van der Waals surface area (Å²) in [6.07, 6.45) is 4.96. The van der Waals surface area contributed by atoms with Gasteiger partial charge >= 0.3 is 5.97 Å². The topological polar surface area (TPSA) is 93.7 Å². The molecule has 0 aliphatic heterocycles. The average molecular weight is 304 g/mol. The second kappa shape index (κ2) is 9.02. The maximum atomic E-state index is 11.8. The summed E-state index contributed by atoms with van der Waals surface area (Å²) in [5, 5.41) is 4.72. The molecule has 2 amide bonds. The number of hydrogen-bond donors (Lipinski definition) is 2. The van der Waals surface area contributed by atoms with Gasteiger partial charge in [0, 0.05) is 5.56 Å². The van der Waals surface area contributed by atoms with Crippen molar-refractivity contribution in [3.8, 4) is 18.1 Å². The van der Waals surface area contributed by atoms with E-state index < -0.39 is 24.4 Å². The van der Waals surface area contributed by atoms with Crippen LogP contribution in [-0.4, -0.2) is 44.6 Å². The molecule has 0 atom stereocenters. The summed E-state index contributed by atoms with van der Waals surface area (Å²) in [7, 11) is 1.52. The van der Waals surface area contributed by atoms with Crippen LogP contribution in [0.25, 0.3) is 0 Å². The number of amides is 2. The molecule has 0 spiro atoms. The maximum absolute atomic E-state index is 11.8. The van der Waals surface area contributed by atoms with Crippen LogP contribution in [0.1, 0.15) is 10.4 Å². The molecule has 0 bridgehead atoms. The van der Waals surface area contributed by atoms with E-state index in [1.54, 1.807) is 24.3 Å². The summed E-state index contributed by atoms with van der Waals surface area (Å²) >= 11 is 0. The van der Waals surface area contributed by atoms with Gasteiger partial charge in [0.25, 0.3) is 11.8 Å². The third kappa shape index (κ3) is 5.96. The lowest BCUT2D eigenvalue weighted by Crippen LogP contribution is -2.34. The molecule has 7 heteroatoms. The maximum Gasteiger partial charge on any atom is 0.325 e. The van der Waals surface area contributed by atoms with Gasteiger partial charge in [-0.1, -0.05) is 5.92 Å². The van der Waals surface area contributed by atoms with Gasteiger partial charge in [-0.15, -0.1) is 6.42 Å². The minimum Gasteiger partial charge on any atom is -0.497 e. The fourth-order valence-electron chi connectivity index (χ4n) is 1.39. The largest absolute Gasteiger partial charge is 0.497 e. The van der Waals surface area contributed by atoms with Crippen molar-refractivity contribution >= 4 is 17.8 Å². The van der Waals surface area contributed by atoms with Gasteiger partial charge in [0.1, 0.15) is 12.3 Å². The molecule has 0 saturated carbocycles. The van der Waals surface area contributed by atoms with Gasteiger partial charge in [-0.05, 0) is 24.3 Å². The summed E-state index contributed by atoms with van der Waals surface area (Å²) in [5.74, 6) is 1.17. The van der Waals surface area contributed by atoms with Gasteiger partial charge in [0.2, 0.25) is 0 Å². The summed E-state index contributed by atoms with van der Waals surface area (Å²) < 4.78 is 9.64. The van der Waals surface area contributed by atoms with Crippen LogP contribution < -0.4 is 15.4 Å². The number of ether oxygens (including phenoxy) is 2. The van der Waals surface area contributed by atoms with Gasteiger partial charge in [0.05, 0.1) is 13.7 Å². The molecule has 0 saturated heterocycles. The number of benzene rings is 1. The van der Waals surface area contributed by atoms with Crippen molar-refractivity contribution in [2.45, 2.75) is 0 Å². The van der Waals surface area contributed by atoms with Gasteiger partial charge in [-0.25, -0.2) is 0 Å². The molecule has 7 nitrogen and oxygen atoms in total. The van der Waals surface area contributed by atoms with Crippen molar-refractivity contribution in [1.82, 2.24) is 10.6 Å². The number of hydrogen-bond acceptors (Lipinski definition) is 5. The molecular formula is C15H16N2O5. The summed E-state index contributed by atoms with van der Waals surface area (Å²) in [4.78, 5) is 34.3. The minimum absolute atomic E-state index is 0.0601. The van der Waals surface area contributed by atoms with Crippen LogP contribution in [-0.2, 0) is 14.3 Å². The lowest BCUT2D eigenvalue weighted by Gasteiger charge is -2.07. The molecule has 22 heavy (non-hydrogen) atoms. The Morgan fingerprint density at radius 2 is 1.86 bits per heavy atom. The van der Waals surface area contributed by atoms with Crippen LogP contribution in [0.5, 0.6) is 5.75 Å². The number of nitrogens with one attached hydrogen (secondary N) is 2. The number of rotatable bonds is 7. The molecule has 116 valence electrons. The van der Waals surface area contributed by atoms with E-state index in [9.17, 15) is 14.4 Å². The van der Waals surface area contributed by atoms with E-state index in [0.717, 1.165) is 0 Å². The summed E-state index contributed by atoms with van der Waals surface area (Å²) in [6, 6.07) is 6.38. The molecule has 1 rings (SSSR count). The molecule has 0 heterocycles. The highest BCUT2D eigenvalue weighted by Crippen LogP contribution is 2.10. The van der Waals surface area contributed by atoms with E-state index >= 15 is 0 Å². The molecule has 0 unspecified atom stereocenters. The predicted octanol–water partition coefficient (Wildman–Crippen LogP) is -0.282. The van der Waals surface area contributed by atoms with Crippen molar-refractivity contribution in [1.29, 1.82) is 0 Å². The zero-order valence-corrected chi connectivity index (χ0v) is 12.0. The molecular weight excluding hydrogens is 288 g/mol. The summed E-state index contributed by atoms with van der Waals surface area (Å²) in [6.45, 7) is -0.725. The molecule has 1 aromatic carbocycles. The van der Waals surface area contributed by atoms with Crippen LogP contribution in [0.2, 0.25) is 0 Å². The molecule has 1 aromatic rings. The van der Waals surface area contributed by atoms with Crippen LogP contribution in [0.3, 0.4) is 0 Å². The number of carbonyl (C=O) groups is 3. The first-order valence-electron chi connectivity index (χ1n) is 6.35. The van der Waals surface area contributed by atoms with Crippen LogP contribution in [0, 0.1) is 12.3 Å². The molecule has 0 aromatic heterocycles. The van der Waals surface area contributed by atoms with Gasteiger partial charge in [-0.2, -0.15) is 0 Å². The quantitative estimate of drug-likeness (QED) is 0.534. The molecule has 0 aliphatic rings. The fraction of sp³-hybridized carbons (Fsp3) is 0.267. The SMILES string of the molecule is C#CCNC(=O)COC(=O)CNC(=O)c1ccc(OC)cc1. The normalized spacial score (nSPS) is 9.27. The van der Waals surface area contributed by atoms with Crippen molar-refractivity contribution in [3.05, 3.63) is 29.8 Å². The highest BCUT2D eigenvalue weighted by Gasteiger charge is 2.10. The van der Waals surface area contributed by atoms with E-state index in [0.29, 0.717) is 11.3 Å². The Hall–Kier alpha value is -3.01. The number of methoxy groups -OCH3 is 1. The highest BCUT2D eigenvalue weighted by molar-refractivity contribution is 5.96. The number of carbonyl (C=O) groups excluding carboxylic acids is 3. The van der Waals surface area contributed by atoms with Crippen LogP contribution in [0.4, 0.5) is 0 Å². The van der Waals surface area contributed by atoms with Crippen molar-refractivity contribution in [2.24, 2.45) is 0 Å². The first-order chi connectivity index (χ1) is 10.6. The van der Waals surface area contributed by atoms with Crippen molar-refractivity contribution < 1.29 is 23.9 Å². The second-order valence-corrected chi connectivity index (χ2v) is 4.05. The van der Waals surface area contributed by atoms with Gasteiger partial charge in [-0.3, -0.25) is 14.4 Å². The number of terminal acetylenes is 1. The van der Waals surface area contributed by atoms with E-state index in [4.69, 9.17) is 11.2 Å². The molecule has 0 fully saturated rings. The summed E-state index contributed by atoms with van der Waals surface area (Å²) in [5.41, 5.74) is 0.375. The molecule has 0 aliphatic carbocycles. The highest BCUT2D eigenvalue weighted by atomic mass is 16.5.